The van der Waals surface area contributed by atoms with Gasteiger partial charge in [-0.3, -0.25) is 0 Å². The number of hydrogen-bond donors (Lipinski definition) is 1. The van der Waals surface area contributed by atoms with Gasteiger partial charge in [0.2, 0.25) is 0 Å². The van der Waals surface area contributed by atoms with Crippen molar-refractivity contribution in [2.75, 3.05) is 6.54 Å². The maximum atomic E-state index is 5.15. The number of furan rings is 1. The molecule has 0 aromatic carbocycles. The summed E-state index contributed by atoms with van der Waals surface area (Å²) in [6, 6.07) is 2.21. The monoisotopic (exact) mass is 236 g/mol. The first kappa shape index (κ1) is 11.4. The van der Waals surface area contributed by atoms with Gasteiger partial charge in [0, 0.05) is 10.4 Å². The number of nitrogens with zero attached hydrogens (tertiary/aromatic N) is 1. The van der Waals surface area contributed by atoms with E-state index in [4.69, 9.17) is 4.42 Å². The molecule has 0 saturated heterocycles. The van der Waals surface area contributed by atoms with Crippen LogP contribution in [-0.4, -0.2) is 11.5 Å². The van der Waals surface area contributed by atoms with E-state index < -0.39 is 0 Å². The summed E-state index contributed by atoms with van der Waals surface area (Å²) in [6.45, 7) is 7.13. The summed E-state index contributed by atoms with van der Waals surface area (Å²) in [4.78, 5) is 5.75. The van der Waals surface area contributed by atoms with E-state index >= 15 is 0 Å². The van der Waals surface area contributed by atoms with Gasteiger partial charge >= 0.3 is 0 Å². The first-order valence-corrected chi connectivity index (χ1v) is 6.23. The zero-order valence-corrected chi connectivity index (χ0v) is 10.6. The number of thiazole rings is 1. The normalized spacial score (nSPS) is 12.9. The smallest absolute Gasteiger partial charge is 0.0954 e. The van der Waals surface area contributed by atoms with E-state index in [-0.39, 0.29) is 6.04 Å². The molecule has 0 bridgehead atoms. The highest BCUT2D eigenvalue weighted by Gasteiger charge is 2.19. The number of aromatic nitrogens is 1. The molecule has 16 heavy (non-hydrogen) atoms. The second kappa shape index (κ2) is 4.80. The molecule has 2 heterocycles. The Morgan fingerprint density at radius 2 is 2.31 bits per heavy atom. The van der Waals surface area contributed by atoms with Gasteiger partial charge in [0.05, 0.1) is 29.3 Å². The Labute approximate surface area is 99.5 Å². The Kier molecular flexibility index (Phi) is 3.41. The summed E-state index contributed by atoms with van der Waals surface area (Å²) in [6.07, 6.45) is 3.50. The lowest BCUT2D eigenvalue weighted by Crippen LogP contribution is -2.21. The van der Waals surface area contributed by atoms with Gasteiger partial charge in [0.25, 0.3) is 0 Å². The van der Waals surface area contributed by atoms with Crippen LogP contribution >= 0.6 is 11.3 Å². The highest BCUT2D eigenvalue weighted by molar-refractivity contribution is 7.11. The van der Waals surface area contributed by atoms with Crippen molar-refractivity contribution in [3.63, 3.8) is 0 Å². The van der Waals surface area contributed by atoms with Gasteiger partial charge in [-0.05, 0) is 26.5 Å². The number of aryl methyl sites for hydroxylation is 2. The molecule has 2 aromatic heterocycles. The molecule has 0 radical (unpaired) electrons. The third-order valence-electron chi connectivity index (χ3n) is 2.49. The predicted molar refractivity (Wildman–Crippen MR) is 65.8 cm³/mol. The zero-order chi connectivity index (χ0) is 11.5. The van der Waals surface area contributed by atoms with E-state index in [1.54, 1.807) is 23.9 Å². The summed E-state index contributed by atoms with van der Waals surface area (Å²) >= 11 is 1.75. The van der Waals surface area contributed by atoms with E-state index in [1.807, 2.05) is 13.0 Å². The summed E-state index contributed by atoms with van der Waals surface area (Å²) in [5.74, 6) is 0. The molecule has 1 N–H and O–H groups in total. The van der Waals surface area contributed by atoms with Crippen molar-refractivity contribution in [2.24, 2.45) is 0 Å². The fourth-order valence-corrected chi connectivity index (χ4v) is 2.85. The molecule has 0 aliphatic rings. The minimum absolute atomic E-state index is 0.204. The molecule has 3 nitrogen and oxygen atoms in total. The van der Waals surface area contributed by atoms with Crippen molar-refractivity contribution in [2.45, 2.75) is 26.8 Å². The van der Waals surface area contributed by atoms with Gasteiger partial charge in [-0.15, -0.1) is 11.3 Å². The van der Waals surface area contributed by atoms with Gasteiger partial charge in [0.1, 0.15) is 0 Å². The minimum Gasteiger partial charge on any atom is -0.472 e. The van der Waals surface area contributed by atoms with Gasteiger partial charge in [-0.2, -0.15) is 0 Å². The van der Waals surface area contributed by atoms with Crippen LogP contribution in [0.4, 0.5) is 0 Å². The second-order valence-corrected chi connectivity index (χ2v) is 4.96. The van der Waals surface area contributed by atoms with Gasteiger partial charge < -0.3 is 9.73 Å². The predicted octanol–water partition coefficient (Wildman–Crippen LogP) is 3.05. The summed E-state index contributed by atoms with van der Waals surface area (Å²) in [5, 5.41) is 4.58. The van der Waals surface area contributed by atoms with Crippen molar-refractivity contribution in [1.29, 1.82) is 0 Å². The third-order valence-corrected chi connectivity index (χ3v) is 3.62. The molecular weight excluding hydrogens is 220 g/mol. The van der Waals surface area contributed by atoms with Crippen molar-refractivity contribution in [3.05, 3.63) is 39.7 Å². The first-order chi connectivity index (χ1) is 7.72. The maximum Gasteiger partial charge on any atom is 0.0954 e. The molecule has 4 heteroatoms. The highest BCUT2D eigenvalue weighted by Crippen LogP contribution is 2.29. The molecule has 0 amide bonds. The molecule has 86 valence electrons. The van der Waals surface area contributed by atoms with Crippen LogP contribution in [0.2, 0.25) is 0 Å². The summed E-state index contributed by atoms with van der Waals surface area (Å²) in [5.41, 5.74) is 2.27. The second-order valence-electron chi connectivity index (χ2n) is 3.73. The lowest BCUT2D eigenvalue weighted by atomic mass is 10.1. The number of rotatable bonds is 4. The Morgan fingerprint density at radius 1 is 1.50 bits per heavy atom. The zero-order valence-electron chi connectivity index (χ0n) is 9.78. The van der Waals surface area contributed by atoms with E-state index in [2.05, 4.69) is 24.1 Å². The molecule has 0 aliphatic carbocycles. The fraction of sp³-hybridized carbons (Fsp3) is 0.417. The molecular formula is C12H16N2OS. The largest absolute Gasteiger partial charge is 0.472 e. The molecule has 0 spiro atoms. The molecule has 0 fully saturated rings. The number of hydrogen-bond acceptors (Lipinski definition) is 4. The molecule has 2 aromatic rings. The van der Waals surface area contributed by atoms with Crippen LogP contribution in [0.1, 0.15) is 34.1 Å². The molecule has 1 unspecified atom stereocenters. The third kappa shape index (κ3) is 2.18. The lowest BCUT2D eigenvalue weighted by molar-refractivity contribution is 0.554. The molecule has 2 rings (SSSR count). The van der Waals surface area contributed by atoms with Crippen molar-refractivity contribution in [1.82, 2.24) is 10.3 Å². The van der Waals surface area contributed by atoms with Crippen molar-refractivity contribution < 1.29 is 4.42 Å². The fourth-order valence-electron chi connectivity index (χ4n) is 1.82. The van der Waals surface area contributed by atoms with E-state index in [9.17, 15) is 0 Å². The van der Waals surface area contributed by atoms with Crippen LogP contribution in [0.5, 0.6) is 0 Å². The van der Waals surface area contributed by atoms with Crippen LogP contribution < -0.4 is 5.32 Å². The van der Waals surface area contributed by atoms with E-state index in [1.165, 1.54) is 4.88 Å². The van der Waals surface area contributed by atoms with Crippen LogP contribution in [0.25, 0.3) is 0 Å². The minimum atomic E-state index is 0.204. The molecule has 0 aliphatic heterocycles. The topological polar surface area (TPSA) is 38.1 Å². The van der Waals surface area contributed by atoms with Crippen LogP contribution in [-0.2, 0) is 0 Å². The SMILES string of the molecule is CCNC(c1ccoc1)c1sc(C)nc1C. The maximum absolute atomic E-state index is 5.15. The Morgan fingerprint density at radius 3 is 2.81 bits per heavy atom. The van der Waals surface area contributed by atoms with Crippen LogP contribution in [0.15, 0.2) is 23.0 Å². The van der Waals surface area contributed by atoms with Gasteiger partial charge in [-0.1, -0.05) is 6.92 Å². The van der Waals surface area contributed by atoms with Gasteiger partial charge in [0.15, 0.2) is 0 Å². The highest BCUT2D eigenvalue weighted by atomic mass is 32.1. The number of nitrogens with one attached hydrogen (secondary N) is 1. The quantitative estimate of drug-likeness (QED) is 0.886. The van der Waals surface area contributed by atoms with Crippen molar-refractivity contribution >= 4 is 11.3 Å². The van der Waals surface area contributed by atoms with Gasteiger partial charge in [-0.25, -0.2) is 4.98 Å². The van der Waals surface area contributed by atoms with E-state index in [0.29, 0.717) is 0 Å². The first-order valence-electron chi connectivity index (χ1n) is 5.41. The van der Waals surface area contributed by atoms with Crippen LogP contribution in [0, 0.1) is 13.8 Å². The average molecular weight is 236 g/mol. The summed E-state index contributed by atoms with van der Waals surface area (Å²) in [7, 11) is 0. The Bertz CT molecular complexity index is 448. The van der Waals surface area contributed by atoms with Crippen LogP contribution in [0.3, 0.4) is 0 Å². The lowest BCUT2D eigenvalue weighted by Gasteiger charge is -2.14. The molecule has 1 atom stereocenters. The standard InChI is InChI=1S/C12H16N2OS/c1-4-13-11(10-5-6-15-7-10)12-8(2)14-9(3)16-12/h5-7,11,13H,4H2,1-3H3. The van der Waals surface area contributed by atoms with Crippen molar-refractivity contribution in [3.8, 4) is 0 Å². The Hall–Kier alpha value is -1.13. The Balaban J connectivity index is 2.36. The average Bonchev–Trinajstić information content (AvgIpc) is 2.85. The summed E-state index contributed by atoms with van der Waals surface area (Å²) < 4.78 is 5.15. The van der Waals surface area contributed by atoms with E-state index in [0.717, 1.165) is 22.8 Å². The molecule has 0 saturated carbocycles.